The van der Waals surface area contributed by atoms with Gasteiger partial charge in [-0.15, -0.1) is 10.2 Å². The molecule has 0 amide bonds. The van der Waals surface area contributed by atoms with E-state index in [4.69, 9.17) is 4.98 Å². The maximum absolute atomic E-state index is 10.6. The van der Waals surface area contributed by atoms with E-state index in [-0.39, 0.29) is 5.75 Å². The highest BCUT2D eigenvalue weighted by Gasteiger charge is 2.11. The SMILES string of the molecule is Oc1cc2ccccc2cc1-c1cccc(-c2cccc(-c3cc4ccccc4nn3)c2)n1. The van der Waals surface area contributed by atoms with Crippen LogP contribution in [0.15, 0.2) is 109 Å². The molecule has 0 aliphatic carbocycles. The number of benzene rings is 4. The Labute approximate surface area is 190 Å². The molecule has 0 atom stereocenters. The number of nitrogens with zero attached hydrogens (tertiary/aromatic N) is 3. The van der Waals surface area contributed by atoms with E-state index in [9.17, 15) is 5.11 Å². The van der Waals surface area contributed by atoms with Crippen LogP contribution in [0.5, 0.6) is 5.75 Å². The molecule has 6 aromatic rings. The molecule has 6 rings (SSSR count). The normalized spacial score (nSPS) is 11.2. The number of phenolic OH excluding ortho intramolecular Hbond substituents is 1. The number of phenols is 1. The van der Waals surface area contributed by atoms with Gasteiger partial charge in [0.1, 0.15) is 5.75 Å². The first-order valence-electron chi connectivity index (χ1n) is 10.8. The van der Waals surface area contributed by atoms with Gasteiger partial charge >= 0.3 is 0 Å². The predicted molar refractivity (Wildman–Crippen MR) is 133 cm³/mol. The van der Waals surface area contributed by atoms with Gasteiger partial charge < -0.3 is 5.11 Å². The Morgan fingerprint density at radius 1 is 0.485 bits per heavy atom. The minimum atomic E-state index is 0.221. The molecule has 2 aromatic heterocycles. The number of fused-ring (bicyclic) bond motifs is 2. The Bertz CT molecular complexity index is 1640. The third-order valence-electron chi connectivity index (χ3n) is 5.84. The summed E-state index contributed by atoms with van der Waals surface area (Å²) in [6.07, 6.45) is 0. The van der Waals surface area contributed by atoms with Gasteiger partial charge in [0.2, 0.25) is 0 Å². The number of pyridine rings is 1. The van der Waals surface area contributed by atoms with Gasteiger partial charge in [0.05, 0.1) is 22.6 Å². The maximum atomic E-state index is 10.6. The van der Waals surface area contributed by atoms with Crippen LogP contribution in [0.4, 0.5) is 0 Å². The quantitative estimate of drug-likeness (QED) is 0.336. The summed E-state index contributed by atoms with van der Waals surface area (Å²) < 4.78 is 0. The maximum Gasteiger partial charge on any atom is 0.125 e. The molecule has 1 N–H and O–H groups in total. The Hall–Kier alpha value is -4.57. The lowest BCUT2D eigenvalue weighted by atomic mass is 10.0. The van der Waals surface area contributed by atoms with Crippen molar-refractivity contribution in [2.45, 2.75) is 0 Å². The van der Waals surface area contributed by atoms with E-state index >= 15 is 0 Å². The Morgan fingerprint density at radius 3 is 2.00 bits per heavy atom. The fourth-order valence-corrected chi connectivity index (χ4v) is 4.14. The minimum Gasteiger partial charge on any atom is -0.507 e. The van der Waals surface area contributed by atoms with Gasteiger partial charge in [0.25, 0.3) is 0 Å². The number of aromatic nitrogens is 3. The Balaban J connectivity index is 1.41. The lowest BCUT2D eigenvalue weighted by Crippen LogP contribution is -1.91. The molecule has 0 bridgehead atoms. The van der Waals surface area contributed by atoms with Crippen LogP contribution in [0.1, 0.15) is 0 Å². The second-order valence-electron chi connectivity index (χ2n) is 7.99. The average Bonchev–Trinajstić information content (AvgIpc) is 2.88. The molecule has 4 nitrogen and oxygen atoms in total. The smallest absolute Gasteiger partial charge is 0.125 e. The molecule has 0 unspecified atom stereocenters. The summed E-state index contributed by atoms with van der Waals surface area (Å²) in [6.45, 7) is 0. The molecule has 4 heteroatoms. The number of hydrogen-bond donors (Lipinski definition) is 1. The van der Waals surface area contributed by atoms with Crippen molar-refractivity contribution in [2.75, 3.05) is 0 Å². The zero-order valence-electron chi connectivity index (χ0n) is 17.7. The van der Waals surface area contributed by atoms with Crippen LogP contribution in [-0.2, 0) is 0 Å². The zero-order valence-corrected chi connectivity index (χ0v) is 17.7. The minimum absolute atomic E-state index is 0.221. The van der Waals surface area contributed by atoms with Gasteiger partial charge in [0, 0.05) is 22.1 Å². The van der Waals surface area contributed by atoms with Gasteiger partial charge in [0.15, 0.2) is 0 Å². The van der Waals surface area contributed by atoms with E-state index in [2.05, 4.69) is 22.3 Å². The van der Waals surface area contributed by atoms with Gasteiger partial charge in [-0.25, -0.2) is 4.98 Å². The lowest BCUT2D eigenvalue weighted by molar-refractivity contribution is 0.478. The van der Waals surface area contributed by atoms with Crippen molar-refractivity contribution in [3.8, 4) is 39.5 Å². The van der Waals surface area contributed by atoms with E-state index in [1.807, 2.05) is 91.0 Å². The van der Waals surface area contributed by atoms with E-state index < -0.39 is 0 Å². The van der Waals surface area contributed by atoms with Gasteiger partial charge in [-0.05, 0) is 53.2 Å². The van der Waals surface area contributed by atoms with Gasteiger partial charge in [-0.3, -0.25) is 0 Å². The number of rotatable bonds is 3. The molecule has 4 aromatic carbocycles. The van der Waals surface area contributed by atoms with Crippen molar-refractivity contribution < 1.29 is 5.11 Å². The van der Waals surface area contributed by atoms with Crippen LogP contribution in [0.2, 0.25) is 0 Å². The van der Waals surface area contributed by atoms with Gasteiger partial charge in [-0.2, -0.15) is 0 Å². The summed E-state index contributed by atoms with van der Waals surface area (Å²) in [5, 5.41) is 22.5. The monoisotopic (exact) mass is 425 g/mol. The first-order valence-corrected chi connectivity index (χ1v) is 10.8. The van der Waals surface area contributed by atoms with E-state index in [0.717, 1.165) is 49.9 Å². The fourth-order valence-electron chi connectivity index (χ4n) is 4.14. The van der Waals surface area contributed by atoms with Crippen LogP contribution in [0.3, 0.4) is 0 Å². The Morgan fingerprint density at radius 2 is 1.15 bits per heavy atom. The summed E-state index contributed by atoms with van der Waals surface area (Å²) >= 11 is 0. The van der Waals surface area contributed by atoms with E-state index in [1.165, 1.54) is 0 Å². The van der Waals surface area contributed by atoms with Crippen LogP contribution in [-0.4, -0.2) is 20.3 Å². The number of hydrogen-bond acceptors (Lipinski definition) is 4. The highest BCUT2D eigenvalue weighted by molar-refractivity contribution is 5.90. The van der Waals surface area contributed by atoms with E-state index in [1.54, 1.807) is 6.07 Å². The molecule has 0 fully saturated rings. The molecular weight excluding hydrogens is 406 g/mol. The topological polar surface area (TPSA) is 58.9 Å². The molecule has 0 spiro atoms. The first kappa shape index (κ1) is 19.1. The summed E-state index contributed by atoms with van der Waals surface area (Å²) in [4.78, 5) is 4.87. The summed E-state index contributed by atoms with van der Waals surface area (Å²) in [6, 6.07) is 35.8. The molecule has 0 aliphatic heterocycles. The largest absolute Gasteiger partial charge is 0.507 e. The van der Waals surface area contributed by atoms with Crippen molar-refractivity contribution in [3.05, 3.63) is 109 Å². The van der Waals surface area contributed by atoms with Crippen LogP contribution >= 0.6 is 0 Å². The Kier molecular flexibility index (Phi) is 4.55. The lowest BCUT2D eigenvalue weighted by Gasteiger charge is -2.10. The molecular formula is C29H19N3O. The molecule has 0 saturated heterocycles. The van der Waals surface area contributed by atoms with Crippen molar-refractivity contribution >= 4 is 21.7 Å². The molecule has 0 saturated carbocycles. The molecule has 2 heterocycles. The molecule has 0 aliphatic rings. The predicted octanol–water partition coefficient (Wildman–Crippen LogP) is 6.88. The molecule has 156 valence electrons. The summed E-state index contributed by atoms with van der Waals surface area (Å²) in [7, 11) is 0. The van der Waals surface area contributed by atoms with Crippen LogP contribution < -0.4 is 0 Å². The zero-order chi connectivity index (χ0) is 22.2. The van der Waals surface area contributed by atoms with Gasteiger partial charge in [-0.1, -0.05) is 66.7 Å². The highest BCUT2D eigenvalue weighted by Crippen LogP contribution is 2.34. The van der Waals surface area contributed by atoms with Crippen molar-refractivity contribution in [2.24, 2.45) is 0 Å². The molecule has 0 radical (unpaired) electrons. The summed E-state index contributed by atoms with van der Waals surface area (Å²) in [5.41, 5.74) is 5.92. The second kappa shape index (κ2) is 7.84. The highest BCUT2D eigenvalue weighted by atomic mass is 16.3. The third kappa shape index (κ3) is 3.58. The van der Waals surface area contributed by atoms with Crippen molar-refractivity contribution in [1.29, 1.82) is 0 Å². The van der Waals surface area contributed by atoms with Crippen LogP contribution in [0, 0.1) is 0 Å². The van der Waals surface area contributed by atoms with Crippen LogP contribution in [0.25, 0.3) is 55.4 Å². The summed E-state index contributed by atoms with van der Waals surface area (Å²) in [5.74, 6) is 0.221. The molecule has 33 heavy (non-hydrogen) atoms. The second-order valence-corrected chi connectivity index (χ2v) is 7.99. The standard InChI is InChI=1S/C29H19N3O/c33-29-18-20-8-2-1-7-19(20)16-24(29)27-14-6-13-25(30-27)21-10-5-11-22(15-21)28-17-23-9-3-4-12-26(23)31-32-28/h1-18,33H. The fraction of sp³-hybridized carbons (Fsp3) is 0. The van der Waals surface area contributed by atoms with E-state index in [0.29, 0.717) is 5.56 Å². The first-order chi connectivity index (χ1) is 16.2. The average molecular weight is 425 g/mol. The van der Waals surface area contributed by atoms with Crippen molar-refractivity contribution in [3.63, 3.8) is 0 Å². The number of aromatic hydroxyl groups is 1. The van der Waals surface area contributed by atoms with Crippen molar-refractivity contribution in [1.82, 2.24) is 15.2 Å². The third-order valence-corrected chi connectivity index (χ3v) is 5.84.